The number of carbonyl (C=O) groups is 2. The van der Waals surface area contributed by atoms with Crippen LogP contribution in [0.4, 0.5) is 5.69 Å². The lowest BCUT2D eigenvalue weighted by atomic mass is 10.1. The first-order valence-corrected chi connectivity index (χ1v) is 8.39. The van der Waals surface area contributed by atoms with Crippen molar-refractivity contribution in [2.24, 2.45) is 0 Å². The number of anilines is 1. The fourth-order valence-corrected chi connectivity index (χ4v) is 2.76. The SMILES string of the molecule is CO[C@H](C)c1cccc(NC(=O)C(=O)N(C)Cc2csc(C)n2)c1. The minimum absolute atomic E-state index is 0.0897. The summed E-state index contributed by atoms with van der Waals surface area (Å²) >= 11 is 1.51. The number of ether oxygens (including phenoxy) is 1. The highest BCUT2D eigenvalue weighted by molar-refractivity contribution is 7.09. The molecule has 1 heterocycles. The standard InChI is InChI=1S/C17H21N3O3S/c1-11(23-4)13-6-5-7-14(8-13)19-16(21)17(22)20(3)9-15-10-24-12(2)18-15/h5-8,10-11H,9H2,1-4H3,(H,19,21)/t11-/m1/s1. The fourth-order valence-electron chi connectivity index (χ4n) is 2.16. The molecule has 1 aromatic carbocycles. The normalized spacial score (nSPS) is 11.8. The number of amides is 2. The van der Waals surface area contributed by atoms with E-state index in [-0.39, 0.29) is 6.10 Å². The van der Waals surface area contributed by atoms with E-state index in [2.05, 4.69) is 10.3 Å². The van der Waals surface area contributed by atoms with Gasteiger partial charge in [0.15, 0.2) is 0 Å². The number of nitrogens with one attached hydrogen (secondary N) is 1. The van der Waals surface area contributed by atoms with Crippen LogP contribution in [0.5, 0.6) is 0 Å². The van der Waals surface area contributed by atoms with Crippen molar-refractivity contribution in [1.82, 2.24) is 9.88 Å². The van der Waals surface area contributed by atoms with E-state index in [1.165, 1.54) is 16.2 Å². The Morgan fingerprint density at radius 1 is 1.42 bits per heavy atom. The summed E-state index contributed by atoms with van der Waals surface area (Å²) in [5, 5.41) is 5.44. The Labute approximate surface area is 145 Å². The quantitative estimate of drug-likeness (QED) is 0.844. The number of carbonyl (C=O) groups excluding carboxylic acids is 2. The Morgan fingerprint density at radius 2 is 2.17 bits per heavy atom. The summed E-state index contributed by atoms with van der Waals surface area (Å²) in [6.45, 7) is 4.11. The number of methoxy groups -OCH3 is 1. The summed E-state index contributed by atoms with van der Waals surface area (Å²) in [7, 11) is 3.20. The summed E-state index contributed by atoms with van der Waals surface area (Å²) in [4.78, 5) is 30.0. The largest absolute Gasteiger partial charge is 0.377 e. The number of benzene rings is 1. The third-order valence-corrected chi connectivity index (χ3v) is 4.40. The van der Waals surface area contributed by atoms with Crippen LogP contribution in [0.3, 0.4) is 0 Å². The van der Waals surface area contributed by atoms with E-state index >= 15 is 0 Å². The maximum absolute atomic E-state index is 12.2. The number of rotatable bonds is 5. The third-order valence-electron chi connectivity index (χ3n) is 3.57. The number of thiazole rings is 1. The molecule has 6 nitrogen and oxygen atoms in total. The van der Waals surface area contributed by atoms with Gasteiger partial charge in [-0.05, 0) is 31.5 Å². The molecular formula is C17H21N3O3S. The first-order chi connectivity index (χ1) is 11.4. The summed E-state index contributed by atoms with van der Waals surface area (Å²) in [5.41, 5.74) is 2.26. The first kappa shape index (κ1) is 18.1. The zero-order valence-corrected chi connectivity index (χ0v) is 15.0. The van der Waals surface area contributed by atoms with E-state index < -0.39 is 11.8 Å². The van der Waals surface area contributed by atoms with Crippen molar-refractivity contribution in [3.05, 3.63) is 45.9 Å². The van der Waals surface area contributed by atoms with Gasteiger partial charge >= 0.3 is 11.8 Å². The van der Waals surface area contributed by atoms with Crippen LogP contribution in [-0.4, -0.2) is 35.9 Å². The summed E-state index contributed by atoms with van der Waals surface area (Å²) < 4.78 is 5.26. The van der Waals surface area contributed by atoms with Crippen molar-refractivity contribution in [1.29, 1.82) is 0 Å². The van der Waals surface area contributed by atoms with Gasteiger partial charge in [0, 0.05) is 25.2 Å². The number of aromatic nitrogens is 1. The zero-order chi connectivity index (χ0) is 17.7. The van der Waals surface area contributed by atoms with Crippen LogP contribution in [-0.2, 0) is 20.9 Å². The van der Waals surface area contributed by atoms with Crippen LogP contribution < -0.4 is 5.32 Å². The van der Waals surface area contributed by atoms with Crippen LogP contribution in [0, 0.1) is 6.92 Å². The maximum Gasteiger partial charge on any atom is 0.313 e. The lowest BCUT2D eigenvalue weighted by molar-refractivity contribution is -0.142. The van der Waals surface area contributed by atoms with E-state index in [4.69, 9.17) is 4.74 Å². The monoisotopic (exact) mass is 347 g/mol. The third kappa shape index (κ3) is 4.62. The summed E-state index contributed by atoms with van der Waals surface area (Å²) in [6.07, 6.45) is -0.0897. The van der Waals surface area contributed by atoms with Crippen LogP contribution in [0.25, 0.3) is 0 Å². The minimum atomic E-state index is -0.674. The Morgan fingerprint density at radius 3 is 2.79 bits per heavy atom. The molecule has 2 rings (SSSR count). The molecule has 0 saturated heterocycles. The molecule has 0 radical (unpaired) electrons. The highest BCUT2D eigenvalue weighted by Crippen LogP contribution is 2.19. The van der Waals surface area contributed by atoms with Crippen molar-refractivity contribution >= 4 is 28.8 Å². The van der Waals surface area contributed by atoms with Gasteiger partial charge in [-0.15, -0.1) is 11.3 Å². The fraction of sp³-hybridized carbons (Fsp3) is 0.353. The van der Waals surface area contributed by atoms with Crippen molar-refractivity contribution in [3.63, 3.8) is 0 Å². The molecular weight excluding hydrogens is 326 g/mol. The molecule has 7 heteroatoms. The summed E-state index contributed by atoms with van der Waals surface area (Å²) in [5.74, 6) is -1.28. The number of hydrogen-bond acceptors (Lipinski definition) is 5. The lowest BCUT2D eigenvalue weighted by Gasteiger charge is -2.16. The molecule has 1 atom stereocenters. The predicted molar refractivity (Wildman–Crippen MR) is 93.8 cm³/mol. The molecule has 0 saturated carbocycles. The molecule has 0 unspecified atom stereocenters. The van der Waals surface area contributed by atoms with Crippen LogP contribution in [0.15, 0.2) is 29.6 Å². The van der Waals surface area contributed by atoms with Gasteiger partial charge in [-0.25, -0.2) is 4.98 Å². The Balaban J connectivity index is 1.99. The van der Waals surface area contributed by atoms with Gasteiger partial charge in [0.05, 0.1) is 23.4 Å². The van der Waals surface area contributed by atoms with Gasteiger partial charge < -0.3 is 15.0 Å². The summed E-state index contributed by atoms with van der Waals surface area (Å²) in [6, 6.07) is 7.25. The van der Waals surface area contributed by atoms with Crippen molar-refractivity contribution in [2.45, 2.75) is 26.5 Å². The number of aryl methyl sites for hydroxylation is 1. The second kappa shape index (κ2) is 8.03. The van der Waals surface area contributed by atoms with E-state index in [1.54, 1.807) is 26.3 Å². The van der Waals surface area contributed by atoms with E-state index in [1.807, 2.05) is 31.4 Å². The first-order valence-electron chi connectivity index (χ1n) is 7.51. The second-order valence-electron chi connectivity index (χ2n) is 5.48. The van der Waals surface area contributed by atoms with Gasteiger partial charge in [-0.1, -0.05) is 12.1 Å². The Bertz CT molecular complexity index is 729. The Kier molecular flexibility index (Phi) is 6.05. The van der Waals surface area contributed by atoms with E-state index in [0.29, 0.717) is 12.2 Å². The van der Waals surface area contributed by atoms with Crippen LogP contribution >= 0.6 is 11.3 Å². The van der Waals surface area contributed by atoms with Gasteiger partial charge in [0.25, 0.3) is 0 Å². The molecule has 2 aromatic rings. The van der Waals surface area contributed by atoms with Gasteiger partial charge in [-0.3, -0.25) is 9.59 Å². The molecule has 1 N–H and O–H groups in total. The van der Waals surface area contributed by atoms with Crippen LogP contribution in [0.2, 0.25) is 0 Å². The molecule has 0 bridgehead atoms. The maximum atomic E-state index is 12.2. The smallest absolute Gasteiger partial charge is 0.313 e. The second-order valence-corrected chi connectivity index (χ2v) is 6.54. The number of likely N-dealkylation sites (N-methyl/N-ethyl adjacent to an activating group) is 1. The van der Waals surface area contributed by atoms with Gasteiger partial charge in [0.1, 0.15) is 0 Å². The average molecular weight is 347 g/mol. The number of hydrogen-bond donors (Lipinski definition) is 1. The zero-order valence-electron chi connectivity index (χ0n) is 14.2. The molecule has 0 aliphatic heterocycles. The molecule has 24 heavy (non-hydrogen) atoms. The topological polar surface area (TPSA) is 71.5 Å². The van der Waals surface area contributed by atoms with Gasteiger partial charge in [0.2, 0.25) is 0 Å². The van der Waals surface area contributed by atoms with Crippen LogP contribution in [0.1, 0.15) is 29.3 Å². The minimum Gasteiger partial charge on any atom is -0.377 e. The lowest BCUT2D eigenvalue weighted by Crippen LogP contribution is -2.36. The van der Waals surface area contributed by atoms with Crippen molar-refractivity contribution < 1.29 is 14.3 Å². The van der Waals surface area contributed by atoms with Crippen molar-refractivity contribution in [3.8, 4) is 0 Å². The van der Waals surface area contributed by atoms with E-state index in [0.717, 1.165) is 16.3 Å². The highest BCUT2D eigenvalue weighted by atomic mass is 32.1. The molecule has 1 aromatic heterocycles. The molecule has 2 amide bonds. The molecule has 128 valence electrons. The highest BCUT2D eigenvalue weighted by Gasteiger charge is 2.20. The van der Waals surface area contributed by atoms with E-state index in [9.17, 15) is 9.59 Å². The van der Waals surface area contributed by atoms with Gasteiger partial charge in [-0.2, -0.15) is 0 Å². The average Bonchev–Trinajstić information content (AvgIpc) is 2.98. The number of nitrogens with zero attached hydrogens (tertiary/aromatic N) is 2. The molecule has 0 aliphatic carbocycles. The molecule has 0 fully saturated rings. The predicted octanol–water partition coefficient (Wildman–Crippen LogP) is 2.76. The van der Waals surface area contributed by atoms with Crippen molar-refractivity contribution in [2.75, 3.05) is 19.5 Å². The molecule has 0 aliphatic rings. The Hall–Kier alpha value is -2.25. The molecule has 0 spiro atoms.